The van der Waals surface area contributed by atoms with Crippen LogP contribution >= 0.6 is 18.9 Å². The van der Waals surface area contributed by atoms with Crippen LogP contribution in [0, 0.1) is 0 Å². The molecule has 10 aromatic rings. The van der Waals surface area contributed by atoms with E-state index in [0.29, 0.717) is 0 Å². The quantitative estimate of drug-likeness (QED) is 0.130. The van der Waals surface area contributed by atoms with Gasteiger partial charge in [-0.05, 0) is 65.2 Å². The molecule has 0 saturated carbocycles. The first-order valence-corrected chi connectivity index (χ1v) is 20.9. The molecule has 7 aromatic carbocycles. The minimum atomic E-state index is -3.44. The fraction of sp³-hybridized carbons (Fsp3) is 0.0204. The van der Waals surface area contributed by atoms with Crippen LogP contribution in [0.25, 0.3) is 55.0 Å². The van der Waals surface area contributed by atoms with E-state index in [0.717, 1.165) is 81.4 Å². The summed E-state index contributed by atoms with van der Waals surface area (Å²) in [6.45, 7) is 0. The number of aromatic nitrogens is 2. The van der Waals surface area contributed by atoms with Crippen molar-refractivity contribution >= 4 is 78.6 Å². The van der Waals surface area contributed by atoms with Gasteiger partial charge in [-0.1, -0.05) is 139 Å². The molecule has 1 aliphatic heterocycles. The van der Waals surface area contributed by atoms with Crippen LogP contribution in [0.3, 0.4) is 0 Å². The standard InChI is InChI=1S/C49H31N2O2PS/c52-54(34-12-2-1-3-13-34,35-24-26-37-36-14-4-7-17-42(36)53-43(37)30-35)44-18-8-5-15-38(44)47-39-16-6-9-19-45(39)55-46-29-33(22-25-40(46)47)41-27-23-32-21-20-31-11-10-28-50-48(31)49(32)51-41/h1-30,47H. The van der Waals surface area contributed by atoms with Gasteiger partial charge in [0.2, 0.25) is 0 Å². The van der Waals surface area contributed by atoms with Gasteiger partial charge in [0.1, 0.15) is 11.2 Å². The number of nitrogens with zero attached hydrogens (tertiary/aromatic N) is 2. The van der Waals surface area contributed by atoms with Crippen LogP contribution in [-0.2, 0) is 4.57 Å². The fourth-order valence-corrected chi connectivity index (χ4v) is 12.4. The highest BCUT2D eigenvalue weighted by atomic mass is 32.2. The first kappa shape index (κ1) is 32.2. The van der Waals surface area contributed by atoms with E-state index in [1.165, 1.54) is 16.0 Å². The first-order valence-electron chi connectivity index (χ1n) is 18.4. The van der Waals surface area contributed by atoms with Crippen LogP contribution in [0.4, 0.5) is 0 Å². The second kappa shape index (κ2) is 12.7. The summed E-state index contributed by atoms with van der Waals surface area (Å²) in [5.74, 6) is -0.151. The summed E-state index contributed by atoms with van der Waals surface area (Å²) in [7, 11) is -3.44. The van der Waals surface area contributed by atoms with Gasteiger partial charge in [-0.2, -0.15) is 0 Å². The summed E-state index contributed by atoms with van der Waals surface area (Å²) in [6, 6.07) is 60.3. The summed E-state index contributed by atoms with van der Waals surface area (Å²) < 4.78 is 22.7. The third kappa shape index (κ3) is 5.11. The van der Waals surface area contributed by atoms with Gasteiger partial charge in [-0.25, -0.2) is 4.98 Å². The van der Waals surface area contributed by atoms with Crippen molar-refractivity contribution in [3.05, 3.63) is 199 Å². The molecule has 0 N–H and O–H groups in total. The van der Waals surface area contributed by atoms with Gasteiger partial charge in [0.15, 0.2) is 7.14 Å². The molecule has 0 amide bonds. The van der Waals surface area contributed by atoms with E-state index in [9.17, 15) is 0 Å². The molecule has 0 aliphatic carbocycles. The Hall–Kier alpha value is -6.26. The first-order chi connectivity index (χ1) is 27.1. The van der Waals surface area contributed by atoms with Crippen LogP contribution in [0.5, 0.6) is 0 Å². The van der Waals surface area contributed by atoms with E-state index in [-0.39, 0.29) is 5.92 Å². The lowest BCUT2D eigenvalue weighted by Gasteiger charge is -2.32. The fourth-order valence-electron chi connectivity index (χ4n) is 8.33. The zero-order valence-electron chi connectivity index (χ0n) is 29.5. The number of para-hydroxylation sites is 1. The Morgan fingerprint density at radius 2 is 1.25 bits per heavy atom. The zero-order chi connectivity index (χ0) is 36.5. The average Bonchev–Trinajstić information content (AvgIpc) is 3.63. The van der Waals surface area contributed by atoms with Crippen molar-refractivity contribution < 1.29 is 8.98 Å². The molecular formula is C49H31N2O2PS. The van der Waals surface area contributed by atoms with Gasteiger partial charge < -0.3 is 8.98 Å². The van der Waals surface area contributed by atoms with E-state index in [4.69, 9.17) is 9.40 Å². The maximum atomic E-state index is 16.3. The van der Waals surface area contributed by atoms with Gasteiger partial charge in [-0.15, -0.1) is 0 Å². The zero-order valence-corrected chi connectivity index (χ0v) is 31.2. The Kier molecular flexibility index (Phi) is 7.41. The predicted octanol–water partition coefficient (Wildman–Crippen LogP) is 11.6. The van der Waals surface area contributed by atoms with Gasteiger partial charge in [-0.3, -0.25) is 4.98 Å². The van der Waals surface area contributed by atoms with Crippen molar-refractivity contribution in [3.63, 3.8) is 0 Å². The molecule has 0 bridgehead atoms. The summed E-state index contributed by atoms with van der Waals surface area (Å²) in [5, 5.41) is 6.57. The van der Waals surface area contributed by atoms with Crippen molar-refractivity contribution in [2.24, 2.45) is 0 Å². The van der Waals surface area contributed by atoms with Crippen molar-refractivity contribution in [2.75, 3.05) is 0 Å². The van der Waals surface area contributed by atoms with Crippen molar-refractivity contribution in [3.8, 4) is 11.3 Å². The summed E-state index contributed by atoms with van der Waals surface area (Å²) in [4.78, 5) is 12.2. The number of fused-ring (bicyclic) bond motifs is 8. The highest BCUT2D eigenvalue weighted by Gasteiger charge is 2.37. The minimum absolute atomic E-state index is 0.151. The highest BCUT2D eigenvalue weighted by Crippen LogP contribution is 2.52. The molecular weight excluding hydrogens is 712 g/mol. The largest absolute Gasteiger partial charge is 0.456 e. The molecule has 0 saturated heterocycles. The van der Waals surface area contributed by atoms with Crippen molar-refractivity contribution in [2.45, 2.75) is 15.7 Å². The Balaban J connectivity index is 1.10. The molecule has 6 heteroatoms. The Labute approximate surface area is 321 Å². The van der Waals surface area contributed by atoms with Gasteiger partial charge in [0, 0.05) is 64.9 Å². The summed E-state index contributed by atoms with van der Waals surface area (Å²) >= 11 is 1.78. The van der Waals surface area contributed by atoms with E-state index in [1.54, 1.807) is 11.8 Å². The molecule has 55 heavy (non-hydrogen) atoms. The number of furan rings is 1. The van der Waals surface area contributed by atoms with Crippen LogP contribution in [0.15, 0.2) is 196 Å². The third-order valence-corrected chi connectivity index (χ3v) is 15.2. The molecule has 0 fully saturated rings. The van der Waals surface area contributed by atoms with Crippen LogP contribution in [-0.4, -0.2) is 9.97 Å². The van der Waals surface area contributed by atoms with Crippen LogP contribution in [0.1, 0.15) is 22.6 Å². The molecule has 2 unspecified atom stereocenters. The Morgan fingerprint density at radius 1 is 0.527 bits per heavy atom. The molecule has 11 rings (SSSR count). The van der Waals surface area contributed by atoms with E-state index < -0.39 is 7.14 Å². The van der Waals surface area contributed by atoms with Crippen LogP contribution < -0.4 is 15.9 Å². The lowest BCUT2D eigenvalue weighted by molar-refractivity contribution is 0.592. The van der Waals surface area contributed by atoms with Crippen molar-refractivity contribution in [1.82, 2.24) is 9.97 Å². The third-order valence-electron chi connectivity index (χ3n) is 10.9. The van der Waals surface area contributed by atoms with Gasteiger partial charge >= 0.3 is 0 Å². The predicted molar refractivity (Wildman–Crippen MR) is 227 cm³/mol. The SMILES string of the molecule is O=P(c1ccccc1)(c1ccc2c(c1)oc1ccccc12)c1ccccc1C1c2ccccc2Sc2cc(-c3ccc4ccc5cccnc5c4n3)ccc21. The minimum Gasteiger partial charge on any atom is -0.456 e. The second-order valence-electron chi connectivity index (χ2n) is 14.0. The molecule has 2 atom stereocenters. The number of hydrogen-bond acceptors (Lipinski definition) is 5. The van der Waals surface area contributed by atoms with E-state index in [2.05, 4.69) is 108 Å². The lowest BCUT2D eigenvalue weighted by atomic mass is 9.84. The topological polar surface area (TPSA) is 56.0 Å². The van der Waals surface area contributed by atoms with Gasteiger partial charge in [0.25, 0.3) is 0 Å². The molecule has 260 valence electrons. The molecule has 0 spiro atoms. The summed E-state index contributed by atoms with van der Waals surface area (Å²) in [6.07, 6.45) is 1.83. The summed E-state index contributed by atoms with van der Waals surface area (Å²) in [5.41, 5.74) is 8.71. The number of hydrogen-bond donors (Lipinski definition) is 0. The average molecular weight is 743 g/mol. The monoisotopic (exact) mass is 742 g/mol. The molecule has 4 heterocycles. The molecule has 3 aromatic heterocycles. The molecule has 4 nitrogen and oxygen atoms in total. The van der Waals surface area contributed by atoms with Crippen LogP contribution in [0.2, 0.25) is 0 Å². The van der Waals surface area contributed by atoms with E-state index >= 15 is 4.57 Å². The maximum absolute atomic E-state index is 16.3. The van der Waals surface area contributed by atoms with E-state index in [1.807, 2.05) is 79.0 Å². The Bertz CT molecular complexity index is 3190. The normalized spacial score (nSPS) is 14.9. The molecule has 1 aliphatic rings. The van der Waals surface area contributed by atoms with Crippen molar-refractivity contribution in [1.29, 1.82) is 0 Å². The van der Waals surface area contributed by atoms with Gasteiger partial charge in [0.05, 0.1) is 16.7 Å². The second-order valence-corrected chi connectivity index (χ2v) is 17.8. The molecule has 0 radical (unpaired) electrons. The highest BCUT2D eigenvalue weighted by molar-refractivity contribution is 7.99. The Morgan fingerprint density at radius 3 is 2.16 bits per heavy atom. The number of benzene rings is 7. The lowest BCUT2D eigenvalue weighted by Crippen LogP contribution is -2.29. The number of rotatable bonds is 5. The maximum Gasteiger partial charge on any atom is 0.171 e. The smallest absolute Gasteiger partial charge is 0.171 e. The number of pyridine rings is 2.